The molecule has 0 saturated heterocycles. The number of amides is 2. The van der Waals surface area contributed by atoms with Crippen molar-refractivity contribution in [1.29, 1.82) is 0 Å². The third-order valence-electron chi connectivity index (χ3n) is 5.33. The summed E-state index contributed by atoms with van der Waals surface area (Å²) >= 11 is 0. The number of aromatic hydroxyl groups is 2. The van der Waals surface area contributed by atoms with Crippen LogP contribution in [0, 0.1) is 0 Å². The molecule has 9 heteroatoms. The standard InChI is InChI=1S/C27H34N2O7/c1-2-3-4-5-6-7-16-36-21-12-10-20(11-13-21)28-27(35)22(18-26(33)34)29-25(32)15-9-19-8-14-23(30)24(31)17-19/h8-15,17,22,30-31H,2-7,16,18H2,1H3,(H,28,35)(H,29,32)(H,33,34)/b15-9+. The Morgan fingerprint density at radius 2 is 1.64 bits per heavy atom. The van der Waals surface area contributed by atoms with Gasteiger partial charge in [-0.1, -0.05) is 45.1 Å². The van der Waals surface area contributed by atoms with Crippen molar-refractivity contribution >= 4 is 29.5 Å². The maximum Gasteiger partial charge on any atom is 0.305 e. The van der Waals surface area contributed by atoms with Crippen molar-refractivity contribution in [2.75, 3.05) is 11.9 Å². The van der Waals surface area contributed by atoms with Gasteiger partial charge in [0.1, 0.15) is 11.8 Å². The molecule has 0 fully saturated rings. The Bertz CT molecular complexity index is 1030. The molecule has 9 nitrogen and oxygen atoms in total. The number of benzene rings is 2. The smallest absolute Gasteiger partial charge is 0.305 e. The van der Waals surface area contributed by atoms with Gasteiger partial charge in [-0.2, -0.15) is 0 Å². The molecule has 0 aromatic heterocycles. The van der Waals surface area contributed by atoms with Crippen molar-refractivity contribution in [2.45, 2.75) is 57.9 Å². The molecule has 2 amide bonds. The van der Waals surface area contributed by atoms with Crippen molar-refractivity contribution in [2.24, 2.45) is 0 Å². The van der Waals surface area contributed by atoms with Crippen LogP contribution in [0.15, 0.2) is 48.5 Å². The highest BCUT2D eigenvalue weighted by atomic mass is 16.5. The maximum atomic E-state index is 12.6. The molecule has 0 radical (unpaired) electrons. The number of carboxylic acids is 1. The normalized spacial score (nSPS) is 11.7. The fourth-order valence-electron chi connectivity index (χ4n) is 3.36. The monoisotopic (exact) mass is 498 g/mol. The van der Waals surface area contributed by atoms with Gasteiger partial charge in [0.2, 0.25) is 11.8 Å². The summed E-state index contributed by atoms with van der Waals surface area (Å²) in [5.74, 6) is -2.60. The molecule has 0 saturated carbocycles. The first-order valence-electron chi connectivity index (χ1n) is 12.0. The largest absolute Gasteiger partial charge is 0.504 e. The highest BCUT2D eigenvalue weighted by Crippen LogP contribution is 2.25. The summed E-state index contributed by atoms with van der Waals surface area (Å²) in [4.78, 5) is 36.1. The summed E-state index contributed by atoms with van der Waals surface area (Å²) in [5.41, 5.74) is 0.866. The lowest BCUT2D eigenvalue weighted by atomic mass is 10.1. The Morgan fingerprint density at radius 3 is 2.31 bits per heavy atom. The zero-order valence-electron chi connectivity index (χ0n) is 20.4. The SMILES string of the molecule is CCCCCCCCOc1ccc(NC(=O)C(CC(=O)O)NC(=O)/C=C/c2ccc(O)c(O)c2)cc1. The lowest BCUT2D eigenvalue weighted by molar-refractivity contribution is -0.139. The van der Waals surface area contributed by atoms with Crippen molar-refractivity contribution in [3.8, 4) is 17.2 Å². The number of hydrogen-bond acceptors (Lipinski definition) is 6. The van der Waals surface area contributed by atoms with Gasteiger partial charge in [-0.25, -0.2) is 0 Å². The molecule has 0 aliphatic heterocycles. The average molecular weight is 499 g/mol. The summed E-state index contributed by atoms with van der Waals surface area (Å²) < 4.78 is 5.72. The van der Waals surface area contributed by atoms with Crippen LogP contribution in [0.1, 0.15) is 57.4 Å². The lowest BCUT2D eigenvalue weighted by Crippen LogP contribution is -2.44. The minimum absolute atomic E-state index is 0.299. The molecule has 0 bridgehead atoms. The van der Waals surface area contributed by atoms with Gasteiger partial charge < -0.3 is 30.7 Å². The van der Waals surface area contributed by atoms with Gasteiger partial charge in [0.05, 0.1) is 13.0 Å². The van der Waals surface area contributed by atoms with E-state index in [1.165, 1.54) is 50.0 Å². The topological polar surface area (TPSA) is 145 Å². The number of phenols is 2. The van der Waals surface area contributed by atoms with E-state index in [2.05, 4.69) is 17.6 Å². The highest BCUT2D eigenvalue weighted by molar-refractivity contribution is 6.01. The van der Waals surface area contributed by atoms with Gasteiger partial charge in [0.25, 0.3) is 0 Å². The second kappa shape index (κ2) is 15.1. The van der Waals surface area contributed by atoms with Crippen LogP contribution >= 0.6 is 0 Å². The van der Waals surface area contributed by atoms with Gasteiger partial charge in [-0.3, -0.25) is 14.4 Å². The number of anilines is 1. The lowest BCUT2D eigenvalue weighted by Gasteiger charge is -2.16. The molecule has 36 heavy (non-hydrogen) atoms. The molecule has 2 rings (SSSR count). The fourth-order valence-corrected chi connectivity index (χ4v) is 3.36. The Hall–Kier alpha value is -4.01. The van der Waals surface area contributed by atoms with Crippen LogP contribution in [0.3, 0.4) is 0 Å². The van der Waals surface area contributed by atoms with E-state index in [0.29, 0.717) is 23.6 Å². The zero-order valence-corrected chi connectivity index (χ0v) is 20.4. The summed E-state index contributed by atoms with van der Waals surface area (Å²) in [7, 11) is 0. The number of unbranched alkanes of at least 4 members (excludes halogenated alkanes) is 5. The predicted molar refractivity (Wildman–Crippen MR) is 137 cm³/mol. The number of carbonyl (C=O) groups excluding carboxylic acids is 2. The number of carboxylic acid groups (broad SMARTS) is 1. The minimum atomic E-state index is -1.31. The van der Waals surface area contributed by atoms with Crippen molar-refractivity contribution in [3.05, 3.63) is 54.1 Å². The van der Waals surface area contributed by atoms with Gasteiger partial charge in [-0.15, -0.1) is 0 Å². The minimum Gasteiger partial charge on any atom is -0.504 e. The van der Waals surface area contributed by atoms with Gasteiger partial charge in [-0.05, 0) is 54.5 Å². The fraction of sp³-hybridized carbons (Fsp3) is 0.370. The first kappa shape index (κ1) is 28.2. The molecule has 0 aliphatic rings. The molecule has 0 aliphatic carbocycles. The van der Waals surface area contributed by atoms with Crippen LogP contribution in [0.25, 0.3) is 6.08 Å². The molecular weight excluding hydrogens is 464 g/mol. The van der Waals surface area contributed by atoms with E-state index in [4.69, 9.17) is 9.84 Å². The van der Waals surface area contributed by atoms with E-state index in [0.717, 1.165) is 18.9 Å². The highest BCUT2D eigenvalue weighted by Gasteiger charge is 2.23. The molecule has 0 heterocycles. The number of nitrogens with one attached hydrogen (secondary N) is 2. The number of phenolic OH excluding ortho intramolecular Hbond substituents is 2. The summed E-state index contributed by atoms with van der Waals surface area (Å²) in [6, 6.07) is 9.40. The second-order valence-electron chi connectivity index (χ2n) is 8.37. The molecule has 2 aromatic rings. The molecule has 2 aromatic carbocycles. The first-order valence-corrected chi connectivity index (χ1v) is 12.0. The van der Waals surface area contributed by atoms with Gasteiger partial charge in [0, 0.05) is 11.8 Å². The quantitative estimate of drug-likeness (QED) is 0.139. The summed E-state index contributed by atoms with van der Waals surface area (Å²) in [6.07, 6.45) is 8.86. The zero-order chi connectivity index (χ0) is 26.3. The van der Waals surface area contributed by atoms with E-state index in [1.54, 1.807) is 24.3 Å². The Balaban J connectivity index is 1.87. The maximum absolute atomic E-state index is 12.6. The molecule has 1 unspecified atom stereocenters. The van der Waals surface area contributed by atoms with E-state index >= 15 is 0 Å². The Labute approximate surface area is 210 Å². The first-order chi connectivity index (χ1) is 17.3. The molecule has 5 N–H and O–H groups in total. The van der Waals surface area contributed by atoms with Crippen molar-refractivity contribution in [1.82, 2.24) is 5.32 Å². The third-order valence-corrected chi connectivity index (χ3v) is 5.33. The van der Waals surface area contributed by atoms with Crippen LogP contribution in [-0.4, -0.2) is 45.8 Å². The van der Waals surface area contributed by atoms with Crippen molar-refractivity contribution in [3.63, 3.8) is 0 Å². The van der Waals surface area contributed by atoms with E-state index in [9.17, 15) is 24.6 Å². The average Bonchev–Trinajstić information content (AvgIpc) is 2.84. The molecule has 194 valence electrons. The Morgan fingerprint density at radius 1 is 0.944 bits per heavy atom. The van der Waals surface area contributed by atoms with E-state index in [-0.39, 0.29) is 11.5 Å². The number of rotatable bonds is 15. The van der Waals surface area contributed by atoms with Crippen molar-refractivity contribution < 1.29 is 34.4 Å². The summed E-state index contributed by atoms with van der Waals surface area (Å²) in [5, 5.41) is 33.0. The second-order valence-corrected chi connectivity index (χ2v) is 8.37. The number of carbonyl (C=O) groups is 3. The third kappa shape index (κ3) is 10.5. The number of ether oxygens (including phenoxy) is 1. The molecular formula is C27H34N2O7. The molecule has 0 spiro atoms. The summed E-state index contributed by atoms with van der Waals surface area (Å²) in [6.45, 7) is 2.80. The van der Waals surface area contributed by atoms with Gasteiger partial charge >= 0.3 is 5.97 Å². The van der Waals surface area contributed by atoms with Crippen LogP contribution < -0.4 is 15.4 Å². The number of aliphatic carboxylic acids is 1. The van der Waals surface area contributed by atoms with Crippen LogP contribution in [0.4, 0.5) is 5.69 Å². The number of hydrogen-bond donors (Lipinski definition) is 5. The Kier molecular flexibility index (Phi) is 11.8. The predicted octanol–water partition coefficient (Wildman–Crippen LogP) is 4.45. The van der Waals surface area contributed by atoms with E-state index < -0.39 is 30.2 Å². The van der Waals surface area contributed by atoms with Crippen LogP contribution in [0.5, 0.6) is 17.2 Å². The van der Waals surface area contributed by atoms with E-state index in [1.807, 2.05) is 0 Å². The molecule has 1 atom stereocenters. The van der Waals surface area contributed by atoms with Crippen LogP contribution in [0.2, 0.25) is 0 Å². The van der Waals surface area contributed by atoms with Gasteiger partial charge in [0.15, 0.2) is 11.5 Å². The van der Waals surface area contributed by atoms with Crippen LogP contribution in [-0.2, 0) is 14.4 Å².